The number of hydrogen-bond acceptors (Lipinski definition) is 6. The minimum absolute atomic E-state index is 0.0353. The average molecular weight is 337 g/mol. The third-order valence-electron chi connectivity index (χ3n) is 3.59. The molecule has 0 saturated carbocycles. The van der Waals surface area contributed by atoms with Crippen molar-refractivity contribution >= 4 is 18.2 Å². The summed E-state index contributed by atoms with van der Waals surface area (Å²) in [5.41, 5.74) is 0.0280. The number of esters is 1. The van der Waals surface area contributed by atoms with Crippen molar-refractivity contribution in [1.29, 1.82) is 0 Å². The molecule has 0 fully saturated rings. The standard InChI is InChI=1S/C17H23NO6/c1-5-12(6-2)18-14(20)10-24-17(21)15-11(9-19)7-8-13(22-3)16(15)23-4/h7-9,12H,5-6,10H2,1-4H3,(H,18,20). The zero-order valence-corrected chi connectivity index (χ0v) is 14.4. The molecule has 1 rings (SSSR count). The molecular formula is C17H23NO6. The van der Waals surface area contributed by atoms with E-state index in [1.165, 1.54) is 26.4 Å². The van der Waals surface area contributed by atoms with Crippen molar-refractivity contribution in [2.24, 2.45) is 0 Å². The van der Waals surface area contributed by atoms with Crippen molar-refractivity contribution in [2.45, 2.75) is 32.7 Å². The summed E-state index contributed by atoms with van der Waals surface area (Å²) >= 11 is 0. The first-order chi connectivity index (χ1) is 11.5. The number of carbonyl (C=O) groups is 3. The Morgan fingerprint density at radius 2 is 1.83 bits per heavy atom. The Morgan fingerprint density at radius 1 is 1.17 bits per heavy atom. The number of rotatable bonds is 9. The van der Waals surface area contributed by atoms with Crippen LogP contribution < -0.4 is 14.8 Å². The van der Waals surface area contributed by atoms with Gasteiger partial charge in [-0.25, -0.2) is 4.79 Å². The molecule has 1 aromatic rings. The number of amides is 1. The van der Waals surface area contributed by atoms with Crippen LogP contribution in [-0.2, 0) is 9.53 Å². The second-order valence-corrected chi connectivity index (χ2v) is 5.04. The summed E-state index contributed by atoms with van der Waals surface area (Å²) in [4.78, 5) is 35.3. The van der Waals surface area contributed by atoms with Gasteiger partial charge in [0.2, 0.25) is 0 Å². The highest BCUT2D eigenvalue weighted by Gasteiger charge is 2.23. The van der Waals surface area contributed by atoms with Crippen LogP contribution in [0.25, 0.3) is 0 Å². The highest BCUT2D eigenvalue weighted by Crippen LogP contribution is 2.33. The second-order valence-electron chi connectivity index (χ2n) is 5.04. The lowest BCUT2D eigenvalue weighted by atomic mass is 10.1. The van der Waals surface area contributed by atoms with Crippen LogP contribution in [0.4, 0.5) is 0 Å². The molecule has 7 nitrogen and oxygen atoms in total. The summed E-state index contributed by atoms with van der Waals surface area (Å²) in [6.07, 6.45) is 2.09. The van der Waals surface area contributed by atoms with Crippen molar-refractivity contribution in [1.82, 2.24) is 5.32 Å². The molecule has 0 atom stereocenters. The van der Waals surface area contributed by atoms with E-state index in [9.17, 15) is 14.4 Å². The van der Waals surface area contributed by atoms with Crippen LogP contribution in [0, 0.1) is 0 Å². The molecule has 1 amide bonds. The summed E-state index contributed by atoms with van der Waals surface area (Å²) in [6, 6.07) is 2.97. The van der Waals surface area contributed by atoms with Crippen LogP contribution in [0.3, 0.4) is 0 Å². The zero-order valence-electron chi connectivity index (χ0n) is 14.4. The quantitative estimate of drug-likeness (QED) is 0.547. The lowest BCUT2D eigenvalue weighted by Gasteiger charge is -2.16. The molecule has 0 heterocycles. The van der Waals surface area contributed by atoms with Crippen molar-refractivity contribution in [3.05, 3.63) is 23.3 Å². The maximum atomic E-state index is 12.3. The number of benzene rings is 1. The van der Waals surface area contributed by atoms with Gasteiger partial charge >= 0.3 is 5.97 Å². The summed E-state index contributed by atoms with van der Waals surface area (Å²) in [7, 11) is 2.76. The van der Waals surface area contributed by atoms with Crippen LogP contribution in [0.2, 0.25) is 0 Å². The van der Waals surface area contributed by atoms with Gasteiger partial charge in [0.15, 0.2) is 24.4 Å². The molecule has 0 aliphatic rings. The Labute approximate surface area is 141 Å². The maximum Gasteiger partial charge on any atom is 0.343 e. The zero-order chi connectivity index (χ0) is 18.1. The topological polar surface area (TPSA) is 90.9 Å². The summed E-state index contributed by atoms with van der Waals surface area (Å²) in [5, 5.41) is 2.76. The number of methoxy groups -OCH3 is 2. The smallest absolute Gasteiger partial charge is 0.343 e. The number of nitrogens with one attached hydrogen (secondary N) is 1. The Hall–Kier alpha value is -2.57. The van der Waals surface area contributed by atoms with Gasteiger partial charge in [0, 0.05) is 11.6 Å². The monoisotopic (exact) mass is 337 g/mol. The van der Waals surface area contributed by atoms with Crippen molar-refractivity contribution in [3.63, 3.8) is 0 Å². The van der Waals surface area contributed by atoms with Gasteiger partial charge in [0.25, 0.3) is 5.91 Å². The van der Waals surface area contributed by atoms with Gasteiger partial charge in [-0.15, -0.1) is 0 Å². The van der Waals surface area contributed by atoms with E-state index in [4.69, 9.17) is 14.2 Å². The number of aldehydes is 1. The Bertz CT molecular complexity index is 595. The van der Waals surface area contributed by atoms with Crippen molar-refractivity contribution in [3.8, 4) is 11.5 Å². The minimum atomic E-state index is -0.826. The van der Waals surface area contributed by atoms with Gasteiger partial charge in [0.1, 0.15) is 5.56 Å². The van der Waals surface area contributed by atoms with Crippen LogP contribution >= 0.6 is 0 Å². The van der Waals surface area contributed by atoms with E-state index in [0.717, 1.165) is 12.8 Å². The molecule has 7 heteroatoms. The van der Waals surface area contributed by atoms with Crippen LogP contribution in [0.15, 0.2) is 12.1 Å². The van der Waals surface area contributed by atoms with Gasteiger partial charge in [-0.05, 0) is 25.0 Å². The predicted octanol–water partition coefficient (Wildman–Crippen LogP) is 1.98. The molecule has 0 aliphatic carbocycles. The average Bonchev–Trinajstić information content (AvgIpc) is 2.62. The highest BCUT2D eigenvalue weighted by molar-refractivity contribution is 6.02. The lowest BCUT2D eigenvalue weighted by Crippen LogP contribution is -2.37. The molecule has 132 valence electrons. The first kappa shape index (κ1) is 19.5. The van der Waals surface area contributed by atoms with E-state index in [1.54, 1.807) is 0 Å². The lowest BCUT2D eigenvalue weighted by molar-refractivity contribution is -0.125. The SMILES string of the molecule is CCC(CC)NC(=O)COC(=O)c1c(C=O)ccc(OC)c1OC. The van der Waals surface area contributed by atoms with E-state index in [-0.39, 0.29) is 28.7 Å². The van der Waals surface area contributed by atoms with E-state index >= 15 is 0 Å². The Morgan fingerprint density at radius 3 is 2.33 bits per heavy atom. The number of ether oxygens (including phenoxy) is 3. The first-order valence-electron chi connectivity index (χ1n) is 7.68. The molecule has 0 aromatic heterocycles. The van der Waals surface area contributed by atoms with Crippen molar-refractivity contribution in [2.75, 3.05) is 20.8 Å². The largest absolute Gasteiger partial charge is 0.493 e. The molecule has 1 N–H and O–H groups in total. The van der Waals surface area contributed by atoms with Gasteiger partial charge < -0.3 is 19.5 Å². The van der Waals surface area contributed by atoms with E-state index in [2.05, 4.69) is 5.32 Å². The number of hydrogen-bond donors (Lipinski definition) is 1. The molecule has 1 aromatic carbocycles. The third-order valence-corrected chi connectivity index (χ3v) is 3.59. The molecule has 0 unspecified atom stereocenters. The van der Waals surface area contributed by atoms with Crippen LogP contribution in [0.5, 0.6) is 11.5 Å². The molecule has 0 aliphatic heterocycles. The molecular weight excluding hydrogens is 314 g/mol. The summed E-state index contributed by atoms with van der Waals surface area (Å²) in [5.74, 6) is -0.844. The normalized spacial score (nSPS) is 10.2. The van der Waals surface area contributed by atoms with E-state index in [0.29, 0.717) is 6.29 Å². The van der Waals surface area contributed by atoms with Gasteiger partial charge in [-0.1, -0.05) is 13.8 Å². The third kappa shape index (κ3) is 4.71. The summed E-state index contributed by atoms with van der Waals surface area (Å²) in [6.45, 7) is 3.48. The second kappa shape index (κ2) is 9.54. The van der Waals surface area contributed by atoms with Crippen LogP contribution in [0.1, 0.15) is 47.4 Å². The Kier molecular flexibility index (Phi) is 7.74. The Balaban J connectivity index is 2.91. The van der Waals surface area contributed by atoms with E-state index in [1.807, 2.05) is 13.8 Å². The summed E-state index contributed by atoms with van der Waals surface area (Å²) < 4.78 is 15.3. The van der Waals surface area contributed by atoms with E-state index < -0.39 is 18.5 Å². The minimum Gasteiger partial charge on any atom is -0.493 e. The maximum absolute atomic E-state index is 12.3. The van der Waals surface area contributed by atoms with Gasteiger partial charge in [-0.3, -0.25) is 9.59 Å². The fraction of sp³-hybridized carbons (Fsp3) is 0.471. The molecule has 0 radical (unpaired) electrons. The fourth-order valence-electron chi connectivity index (χ4n) is 2.22. The van der Waals surface area contributed by atoms with Gasteiger partial charge in [0.05, 0.1) is 14.2 Å². The number of carbonyl (C=O) groups excluding carboxylic acids is 3. The van der Waals surface area contributed by atoms with Crippen LogP contribution in [-0.4, -0.2) is 45.0 Å². The highest BCUT2D eigenvalue weighted by atomic mass is 16.5. The fourth-order valence-corrected chi connectivity index (χ4v) is 2.22. The van der Waals surface area contributed by atoms with Crippen molar-refractivity contribution < 1.29 is 28.6 Å². The molecule has 0 spiro atoms. The molecule has 0 saturated heterocycles. The first-order valence-corrected chi connectivity index (χ1v) is 7.68. The molecule has 0 bridgehead atoms. The predicted molar refractivity (Wildman–Crippen MR) is 87.7 cm³/mol. The molecule has 24 heavy (non-hydrogen) atoms. The van der Waals surface area contributed by atoms with Gasteiger partial charge in [-0.2, -0.15) is 0 Å².